The summed E-state index contributed by atoms with van der Waals surface area (Å²) in [5.74, 6) is 0. The minimum Gasteiger partial charge on any atom is -0.330 e. The molecule has 1 atom stereocenters. The standard InChI is InChI=1S/C17H27N3/c18-9-8-15-4-6-16(7-5-15)13-19-10-2-12-20-11-1-3-17(20)14-19/h4-7,17H,1-3,8-14,18H2. The van der Waals surface area contributed by atoms with Gasteiger partial charge in [0.2, 0.25) is 0 Å². The van der Waals surface area contributed by atoms with Gasteiger partial charge in [0.1, 0.15) is 0 Å². The van der Waals surface area contributed by atoms with Crippen LogP contribution < -0.4 is 5.73 Å². The SMILES string of the molecule is NCCc1ccc(CN2CCCN3CCCC3C2)cc1. The Bertz CT molecular complexity index is 415. The lowest BCUT2D eigenvalue weighted by atomic mass is 10.1. The summed E-state index contributed by atoms with van der Waals surface area (Å²) in [5.41, 5.74) is 8.40. The largest absolute Gasteiger partial charge is 0.330 e. The van der Waals surface area contributed by atoms with Crippen LogP contribution >= 0.6 is 0 Å². The Labute approximate surface area is 122 Å². The molecule has 1 unspecified atom stereocenters. The van der Waals surface area contributed by atoms with E-state index in [1.165, 1.54) is 56.6 Å². The normalized spacial score (nSPS) is 24.6. The van der Waals surface area contributed by atoms with Crippen molar-refractivity contribution in [3.63, 3.8) is 0 Å². The lowest BCUT2D eigenvalue weighted by molar-refractivity contribution is 0.215. The monoisotopic (exact) mass is 273 g/mol. The first-order chi connectivity index (χ1) is 9.85. The lowest BCUT2D eigenvalue weighted by Gasteiger charge is -2.25. The molecule has 0 aromatic heterocycles. The number of hydrogen-bond acceptors (Lipinski definition) is 3. The molecule has 3 nitrogen and oxygen atoms in total. The first-order valence-electron chi connectivity index (χ1n) is 8.09. The van der Waals surface area contributed by atoms with E-state index in [2.05, 4.69) is 34.1 Å². The number of benzene rings is 1. The van der Waals surface area contributed by atoms with Crippen LogP contribution in [0, 0.1) is 0 Å². The van der Waals surface area contributed by atoms with Crippen LogP contribution in [0.4, 0.5) is 0 Å². The second-order valence-electron chi connectivity index (χ2n) is 6.28. The van der Waals surface area contributed by atoms with E-state index in [1.54, 1.807) is 0 Å². The zero-order valence-corrected chi connectivity index (χ0v) is 12.4. The molecule has 20 heavy (non-hydrogen) atoms. The number of hydrogen-bond donors (Lipinski definition) is 1. The smallest absolute Gasteiger partial charge is 0.0234 e. The molecule has 0 aliphatic carbocycles. The average Bonchev–Trinajstić information content (AvgIpc) is 2.80. The minimum absolute atomic E-state index is 0.739. The third kappa shape index (κ3) is 3.40. The van der Waals surface area contributed by atoms with Gasteiger partial charge in [-0.1, -0.05) is 24.3 Å². The molecule has 3 heteroatoms. The van der Waals surface area contributed by atoms with Gasteiger partial charge in [-0.25, -0.2) is 0 Å². The molecule has 0 spiro atoms. The van der Waals surface area contributed by atoms with E-state index in [0.717, 1.165) is 25.6 Å². The van der Waals surface area contributed by atoms with E-state index in [-0.39, 0.29) is 0 Å². The van der Waals surface area contributed by atoms with E-state index in [0.29, 0.717) is 0 Å². The topological polar surface area (TPSA) is 32.5 Å². The predicted octanol–water partition coefficient (Wildman–Crippen LogP) is 1.86. The number of rotatable bonds is 4. The van der Waals surface area contributed by atoms with Crippen molar-refractivity contribution in [3.05, 3.63) is 35.4 Å². The van der Waals surface area contributed by atoms with Crippen molar-refractivity contribution < 1.29 is 0 Å². The predicted molar refractivity (Wildman–Crippen MR) is 83.7 cm³/mol. The van der Waals surface area contributed by atoms with Gasteiger partial charge in [-0.3, -0.25) is 9.80 Å². The summed E-state index contributed by atoms with van der Waals surface area (Å²) in [6.07, 6.45) is 5.10. The van der Waals surface area contributed by atoms with Crippen LogP contribution in [-0.4, -0.2) is 48.6 Å². The van der Waals surface area contributed by atoms with E-state index in [9.17, 15) is 0 Å². The van der Waals surface area contributed by atoms with Gasteiger partial charge >= 0.3 is 0 Å². The molecule has 0 radical (unpaired) electrons. The van der Waals surface area contributed by atoms with Crippen molar-refractivity contribution in [3.8, 4) is 0 Å². The van der Waals surface area contributed by atoms with Gasteiger partial charge in [0, 0.05) is 19.1 Å². The third-order valence-electron chi connectivity index (χ3n) is 4.75. The molecule has 1 aromatic rings. The first-order valence-corrected chi connectivity index (χ1v) is 8.09. The lowest BCUT2D eigenvalue weighted by Crippen LogP contribution is -2.36. The summed E-state index contributed by atoms with van der Waals surface area (Å²) in [7, 11) is 0. The summed E-state index contributed by atoms with van der Waals surface area (Å²) in [5, 5.41) is 0. The molecule has 1 aromatic carbocycles. The third-order valence-corrected chi connectivity index (χ3v) is 4.75. The molecule has 2 aliphatic rings. The number of fused-ring (bicyclic) bond motifs is 1. The molecule has 0 amide bonds. The van der Waals surface area contributed by atoms with E-state index in [1.807, 2.05) is 0 Å². The van der Waals surface area contributed by atoms with Crippen molar-refractivity contribution in [2.24, 2.45) is 5.73 Å². The van der Waals surface area contributed by atoms with E-state index in [4.69, 9.17) is 5.73 Å². The van der Waals surface area contributed by atoms with Crippen LogP contribution in [0.2, 0.25) is 0 Å². The maximum absolute atomic E-state index is 5.60. The molecular formula is C17H27N3. The second kappa shape index (κ2) is 6.70. The summed E-state index contributed by atoms with van der Waals surface area (Å²) in [6, 6.07) is 9.85. The number of nitrogens with two attached hydrogens (primary N) is 1. The highest BCUT2D eigenvalue weighted by molar-refractivity contribution is 5.22. The minimum atomic E-state index is 0.739. The highest BCUT2D eigenvalue weighted by atomic mass is 15.3. The van der Waals surface area contributed by atoms with Crippen molar-refractivity contribution >= 4 is 0 Å². The fourth-order valence-corrected chi connectivity index (χ4v) is 3.66. The van der Waals surface area contributed by atoms with Gasteiger partial charge in [-0.15, -0.1) is 0 Å². The zero-order chi connectivity index (χ0) is 13.8. The molecule has 2 fully saturated rings. The van der Waals surface area contributed by atoms with Crippen molar-refractivity contribution in [2.45, 2.75) is 38.3 Å². The van der Waals surface area contributed by atoms with Crippen molar-refractivity contribution in [1.29, 1.82) is 0 Å². The van der Waals surface area contributed by atoms with E-state index >= 15 is 0 Å². The van der Waals surface area contributed by atoms with Gasteiger partial charge in [-0.05, 0) is 63.0 Å². The summed E-state index contributed by atoms with van der Waals surface area (Å²) < 4.78 is 0. The second-order valence-corrected chi connectivity index (χ2v) is 6.28. The molecule has 0 saturated carbocycles. The Hall–Kier alpha value is -0.900. The van der Waals surface area contributed by atoms with Crippen molar-refractivity contribution in [2.75, 3.05) is 32.7 Å². The van der Waals surface area contributed by atoms with Gasteiger partial charge < -0.3 is 5.73 Å². The van der Waals surface area contributed by atoms with Crippen LogP contribution in [-0.2, 0) is 13.0 Å². The summed E-state index contributed by atoms with van der Waals surface area (Å²) >= 11 is 0. The summed E-state index contributed by atoms with van der Waals surface area (Å²) in [4.78, 5) is 5.35. The van der Waals surface area contributed by atoms with Gasteiger partial charge in [0.15, 0.2) is 0 Å². The average molecular weight is 273 g/mol. The Morgan fingerprint density at radius 3 is 2.55 bits per heavy atom. The van der Waals surface area contributed by atoms with Crippen LogP contribution in [0.1, 0.15) is 30.4 Å². The molecular weight excluding hydrogens is 246 g/mol. The molecule has 2 heterocycles. The highest BCUT2D eigenvalue weighted by Crippen LogP contribution is 2.22. The summed E-state index contributed by atoms with van der Waals surface area (Å²) in [6.45, 7) is 6.97. The maximum Gasteiger partial charge on any atom is 0.0234 e. The Kier molecular flexibility index (Phi) is 4.71. The Morgan fingerprint density at radius 1 is 1.00 bits per heavy atom. The fourth-order valence-electron chi connectivity index (χ4n) is 3.66. The Balaban J connectivity index is 1.58. The van der Waals surface area contributed by atoms with Gasteiger partial charge in [0.25, 0.3) is 0 Å². The van der Waals surface area contributed by atoms with Gasteiger partial charge in [0.05, 0.1) is 0 Å². The highest BCUT2D eigenvalue weighted by Gasteiger charge is 2.28. The molecule has 2 aliphatic heterocycles. The van der Waals surface area contributed by atoms with Crippen LogP contribution in [0.5, 0.6) is 0 Å². The Morgan fingerprint density at radius 2 is 1.75 bits per heavy atom. The molecule has 2 N–H and O–H groups in total. The van der Waals surface area contributed by atoms with Crippen LogP contribution in [0.15, 0.2) is 24.3 Å². The molecule has 110 valence electrons. The molecule has 0 bridgehead atoms. The van der Waals surface area contributed by atoms with E-state index < -0.39 is 0 Å². The zero-order valence-electron chi connectivity index (χ0n) is 12.4. The fraction of sp³-hybridized carbons (Fsp3) is 0.647. The van der Waals surface area contributed by atoms with Gasteiger partial charge in [-0.2, -0.15) is 0 Å². The first kappa shape index (κ1) is 14.1. The quantitative estimate of drug-likeness (QED) is 0.909. The van der Waals surface area contributed by atoms with Crippen LogP contribution in [0.3, 0.4) is 0 Å². The van der Waals surface area contributed by atoms with Crippen molar-refractivity contribution in [1.82, 2.24) is 9.80 Å². The molecule has 2 saturated heterocycles. The molecule has 3 rings (SSSR count). The number of nitrogens with zero attached hydrogens (tertiary/aromatic N) is 2. The van der Waals surface area contributed by atoms with Crippen LogP contribution in [0.25, 0.3) is 0 Å². The maximum atomic E-state index is 5.60.